The van der Waals surface area contributed by atoms with E-state index in [1.807, 2.05) is 65.6 Å². The van der Waals surface area contributed by atoms with E-state index in [0.717, 1.165) is 23.2 Å². The summed E-state index contributed by atoms with van der Waals surface area (Å²) in [6.45, 7) is 1.35. The van der Waals surface area contributed by atoms with Gasteiger partial charge in [-0.1, -0.05) is 60.1 Å². The van der Waals surface area contributed by atoms with Gasteiger partial charge in [-0.05, 0) is 47.4 Å². The quantitative estimate of drug-likeness (QED) is 0.576. The molecule has 2 unspecified atom stereocenters. The first-order chi connectivity index (χ1) is 15.6. The lowest BCUT2D eigenvalue weighted by Crippen LogP contribution is -2.56. The number of piperazine rings is 1. The van der Waals surface area contributed by atoms with Crippen LogP contribution in [0, 0.1) is 0 Å². The lowest BCUT2D eigenvalue weighted by atomic mass is 9.94. The van der Waals surface area contributed by atoms with Gasteiger partial charge in [0.15, 0.2) is 11.5 Å². The van der Waals surface area contributed by atoms with Gasteiger partial charge in [0.05, 0.1) is 26.3 Å². The number of amides is 1. The van der Waals surface area contributed by atoms with Crippen molar-refractivity contribution < 1.29 is 14.3 Å². The van der Waals surface area contributed by atoms with Crippen molar-refractivity contribution >= 4 is 17.5 Å². The molecule has 1 aliphatic heterocycles. The molecular formula is C26H27ClN2O3. The number of carbonyl (C=O) groups is 1. The lowest BCUT2D eigenvalue weighted by Gasteiger charge is -2.39. The molecule has 0 aliphatic carbocycles. The molecule has 1 fully saturated rings. The molecule has 0 aromatic heterocycles. The molecule has 0 radical (unpaired) electrons. The molecular weight excluding hydrogens is 424 g/mol. The minimum atomic E-state index is -0.319. The molecule has 5 nitrogen and oxygen atoms in total. The maximum atomic E-state index is 13.6. The molecule has 1 aliphatic rings. The van der Waals surface area contributed by atoms with Crippen LogP contribution in [-0.4, -0.2) is 44.2 Å². The molecule has 1 saturated heterocycles. The third kappa shape index (κ3) is 4.74. The Morgan fingerprint density at radius 3 is 2.34 bits per heavy atom. The molecule has 1 N–H and O–H groups in total. The number of methoxy groups -OCH3 is 2. The minimum absolute atomic E-state index is 0.0786. The number of hydrogen-bond acceptors (Lipinski definition) is 4. The second-order valence-corrected chi connectivity index (χ2v) is 8.23. The van der Waals surface area contributed by atoms with E-state index < -0.39 is 0 Å². The zero-order chi connectivity index (χ0) is 22.5. The first-order valence-electron chi connectivity index (χ1n) is 10.7. The number of rotatable bonds is 7. The number of nitrogens with one attached hydrogen (secondary N) is 1. The fraction of sp³-hybridized carbons (Fsp3) is 0.269. The van der Waals surface area contributed by atoms with Gasteiger partial charge in [0.2, 0.25) is 5.91 Å². The van der Waals surface area contributed by atoms with E-state index in [4.69, 9.17) is 21.1 Å². The molecule has 1 amide bonds. The Kier molecular flexibility index (Phi) is 6.98. The Labute approximate surface area is 193 Å². The number of nitrogens with zero attached hydrogens (tertiary/aromatic N) is 1. The molecule has 1 heterocycles. The summed E-state index contributed by atoms with van der Waals surface area (Å²) in [6.07, 6.45) is 0.567. The molecule has 0 saturated carbocycles. The SMILES string of the molecule is COc1ccc(CC2NCCN(C(c3ccccc3)c3ccc(Cl)cc3)C2=O)cc1OC. The average molecular weight is 451 g/mol. The highest BCUT2D eigenvalue weighted by atomic mass is 35.5. The zero-order valence-corrected chi connectivity index (χ0v) is 19.0. The molecule has 3 aromatic rings. The van der Waals surface area contributed by atoms with Crippen LogP contribution in [-0.2, 0) is 11.2 Å². The molecule has 6 heteroatoms. The minimum Gasteiger partial charge on any atom is -0.493 e. The summed E-state index contributed by atoms with van der Waals surface area (Å²) < 4.78 is 10.8. The van der Waals surface area contributed by atoms with Gasteiger partial charge in [0, 0.05) is 18.1 Å². The number of carbonyl (C=O) groups excluding carboxylic acids is 1. The first-order valence-corrected chi connectivity index (χ1v) is 11.0. The molecule has 3 aromatic carbocycles. The van der Waals surface area contributed by atoms with Crippen LogP contribution in [0.4, 0.5) is 0 Å². The number of benzene rings is 3. The Hall–Kier alpha value is -3.02. The van der Waals surface area contributed by atoms with E-state index in [0.29, 0.717) is 29.5 Å². The van der Waals surface area contributed by atoms with Crippen molar-refractivity contribution in [3.05, 3.63) is 94.5 Å². The summed E-state index contributed by atoms with van der Waals surface area (Å²) in [5.41, 5.74) is 3.13. The fourth-order valence-electron chi connectivity index (χ4n) is 4.25. The van der Waals surface area contributed by atoms with Gasteiger partial charge >= 0.3 is 0 Å². The average Bonchev–Trinajstić information content (AvgIpc) is 2.83. The monoisotopic (exact) mass is 450 g/mol. The highest BCUT2D eigenvalue weighted by molar-refractivity contribution is 6.30. The topological polar surface area (TPSA) is 50.8 Å². The van der Waals surface area contributed by atoms with E-state index in [2.05, 4.69) is 17.4 Å². The Morgan fingerprint density at radius 2 is 1.66 bits per heavy atom. The van der Waals surface area contributed by atoms with Crippen LogP contribution in [0.1, 0.15) is 22.7 Å². The first kappa shape index (κ1) is 22.2. The fourth-order valence-corrected chi connectivity index (χ4v) is 4.37. The third-order valence-corrected chi connectivity index (χ3v) is 6.08. The van der Waals surface area contributed by atoms with Crippen LogP contribution in [0.3, 0.4) is 0 Å². The number of halogens is 1. The van der Waals surface area contributed by atoms with E-state index in [-0.39, 0.29) is 18.0 Å². The van der Waals surface area contributed by atoms with Crippen molar-refractivity contribution in [3.63, 3.8) is 0 Å². The second kappa shape index (κ2) is 10.1. The summed E-state index contributed by atoms with van der Waals surface area (Å²) >= 11 is 6.13. The standard InChI is InChI=1S/C26H27ClN2O3/c1-31-23-13-8-18(17-24(23)32-2)16-22-26(30)29(15-14-28-22)25(19-6-4-3-5-7-19)20-9-11-21(27)12-10-20/h3-13,17,22,25,28H,14-16H2,1-2H3. The Bertz CT molecular complexity index is 1060. The van der Waals surface area contributed by atoms with Crippen molar-refractivity contribution in [1.29, 1.82) is 0 Å². The number of hydrogen-bond donors (Lipinski definition) is 1. The normalized spacial score (nSPS) is 17.2. The predicted octanol–water partition coefficient (Wildman–Crippen LogP) is 4.49. The van der Waals surface area contributed by atoms with Crippen LogP contribution in [0.15, 0.2) is 72.8 Å². The highest BCUT2D eigenvalue weighted by Crippen LogP contribution is 2.32. The maximum Gasteiger partial charge on any atom is 0.240 e. The summed E-state index contributed by atoms with van der Waals surface area (Å²) in [4.78, 5) is 15.6. The van der Waals surface area contributed by atoms with Crippen molar-refractivity contribution in [1.82, 2.24) is 10.2 Å². The van der Waals surface area contributed by atoms with Gasteiger partial charge in [-0.3, -0.25) is 4.79 Å². The molecule has 32 heavy (non-hydrogen) atoms. The summed E-state index contributed by atoms with van der Waals surface area (Å²) in [7, 11) is 3.23. The van der Waals surface area contributed by atoms with E-state index in [1.54, 1.807) is 14.2 Å². The third-order valence-electron chi connectivity index (χ3n) is 5.83. The smallest absolute Gasteiger partial charge is 0.240 e. The van der Waals surface area contributed by atoms with Crippen LogP contribution in [0.25, 0.3) is 0 Å². The van der Waals surface area contributed by atoms with E-state index >= 15 is 0 Å². The second-order valence-electron chi connectivity index (χ2n) is 7.80. The van der Waals surface area contributed by atoms with Crippen LogP contribution < -0.4 is 14.8 Å². The van der Waals surface area contributed by atoms with Gasteiger partial charge in [-0.15, -0.1) is 0 Å². The van der Waals surface area contributed by atoms with Gasteiger partial charge in [-0.25, -0.2) is 0 Å². The molecule has 4 rings (SSSR count). The van der Waals surface area contributed by atoms with Gasteiger partial charge in [0.25, 0.3) is 0 Å². The molecule has 166 valence electrons. The summed E-state index contributed by atoms with van der Waals surface area (Å²) in [5, 5.41) is 4.08. The zero-order valence-electron chi connectivity index (χ0n) is 18.3. The summed E-state index contributed by atoms with van der Waals surface area (Å²) in [5.74, 6) is 1.41. The van der Waals surface area contributed by atoms with Gasteiger partial charge in [0.1, 0.15) is 0 Å². The van der Waals surface area contributed by atoms with Crippen LogP contribution >= 0.6 is 11.6 Å². The van der Waals surface area contributed by atoms with E-state index in [1.165, 1.54) is 0 Å². The Morgan fingerprint density at radius 1 is 0.969 bits per heavy atom. The van der Waals surface area contributed by atoms with Gasteiger partial charge in [-0.2, -0.15) is 0 Å². The number of ether oxygens (including phenoxy) is 2. The maximum absolute atomic E-state index is 13.6. The van der Waals surface area contributed by atoms with Crippen molar-refractivity contribution in [2.24, 2.45) is 0 Å². The molecule has 0 spiro atoms. The van der Waals surface area contributed by atoms with Crippen LogP contribution in [0.5, 0.6) is 11.5 Å². The highest BCUT2D eigenvalue weighted by Gasteiger charge is 2.34. The largest absolute Gasteiger partial charge is 0.493 e. The van der Waals surface area contributed by atoms with Crippen molar-refractivity contribution in [2.75, 3.05) is 27.3 Å². The van der Waals surface area contributed by atoms with Crippen LogP contribution in [0.2, 0.25) is 5.02 Å². The lowest BCUT2D eigenvalue weighted by molar-refractivity contribution is -0.137. The Balaban J connectivity index is 1.62. The van der Waals surface area contributed by atoms with Gasteiger partial charge < -0.3 is 19.7 Å². The van der Waals surface area contributed by atoms with Crippen molar-refractivity contribution in [2.45, 2.75) is 18.5 Å². The van der Waals surface area contributed by atoms with Crippen molar-refractivity contribution in [3.8, 4) is 11.5 Å². The summed E-state index contributed by atoms with van der Waals surface area (Å²) in [6, 6.07) is 23.2. The molecule has 0 bridgehead atoms. The predicted molar refractivity (Wildman–Crippen MR) is 126 cm³/mol. The molecule has 2 atom stereocenters. The van der Waals surface area contributed by atoms with E-state index in [9.17, 15) is 4.79 Å².